The van der Waals surface area contributed by atoms with Gasteiger partial charge in [-0.3, -0.25) is 24.0 Å². The third-order valence-corrected chi connectivity index (χ3v) is 7.82. The molecule has 0 aromatic heterocycles. The van der Waals surface area contributed by atoms with Crippen LogP contribution in [-0.2, 0) is 32.6 Å². The van der Waals surface area contributed by atoms with Crippen LogP contribution in [0.1, 0.15) is 37.5 Å². The molecule has 11 nitrogen and oxygen atoms in total. The highest BCUT2D eigenvalue weighted by Gasteiger charge is 2.35. The van der Waals surface area contributed by atoms with Crippen LogP contribution in [0, 0.1) is 17.0 Å². The zero-order valence-electron chi connectivity index (χ0n) is 25.2. The molecule has 0 saturated heterocycles. The fourth-order valence-electron chi connectivity index (χ4n) is 4.56. The number of rotatable bonds is 12. The van der Waals surface area contributed by atoms with Gasteiger partial charge >= 0.3 is 0 Å². The Balaban J connectivity index is 2.16. The molecule has 3 aromatic carbocycles. The molecule has 0 bridgehead atoms. The quantitative estimate of drug-likeness (QED) is 0.239. The minimum atomic E-state index is -4.15. The van der Waals surface area contributed by atoms with Crippen molar-refractivity contribution >= 4 is 33.2 Å². The van der Waals surface area contributed by atoms with Gasteiger partial charge in [-0.2, -0.15) is 0 Å². The van der Waals surface area contributed by atoms with Crippen LogP contribution in [0.25, 0.3) is 0 Å². The van der Waals surface area contributed by atoms with Gasteiger partial charge in [0.15, 0.2) is 0 Å². The molecule has 0 radical (unpaired) electrons. The summed E-state index contributed by atoms with van der Waals surface area (Å²) in [6.45, 7) is 6.67. The van der Waals surface area contributed by atoms with Gasteiger partial charge < -0.3 is 15.0 Å². The Morgan fingerprint density at radius 3 is 2.21 bits per heavy atom. The van der Waals surface area contributed by atoms with Crippen molar-refractivity contribution in [1.82, 2.24) is 10.2 Å². The average Bonchev–Trinajstić information content (AvgIpc) is 2.93. The number of methoxy groups -OCH3 is 1. The number of ether oxygens (including phenoxy) is 1. The fourth-order valence-corrected chi connectivity index (χ4v) is 5.40. The SMILES string of the molecule is COc1ccc([N+](=O)[O-])cc1N(CC(=O)N(Cc1ccccc1C)[C@@H](Cc1ccccc1)C(=O)NC(C)(C)C)S(C)(=O)=O. The summed E-state index contributed by atoms with van der Waals surface area (Å²) in [6.07, 6.45) is 1.07. The monoisotopic (exact) mass is 610 g/mol. The summed E-state index contributed by atoms with van der Waals surface area (Å²) < 4.78 is 32.3. The van der Waals surface area contributed by atoms with Gasteiger partial charge in [-0.25, -0.2) is 8.42 Å². The molecule has 0 aliphatic heterocycles. The van der Waals surface area contributed by atoms with Crippen molar-refractivity contribution in [2.75, 3.05) is 24.2 Å². The molecule has 0 aliphatic carbocycles. The molecule has 1 atom stereocenters. The molecule has 3 aromatic rings. The van der Waals surface area contributed by atoms with E-state index in [2.05, 4.69) is 5.32 Å². The van der Waals surface area contributed by atoms with Gasteiger partial charge in [0.05, 0.1) is 18.3 Å². The van der Waals surface area contributed by atoms with E-state index in [0.717, 1.165) is 33.3 Å². The summed E-state index contributed by atoms with van der Waals surface area (Å²) in [7, 11) is -2.86. The molecule has 2 amide bonds. The lowest BCUT2D eigenvalue weighted by atomic mass is 10.00. The highest BCUT2D eigenvalue weighted by molar-refractivity contribution is 7.92. The molecule has 0 saturated carbocycles. The number of carbonyl (C=O) groups excluding carboxylic acids is 2. The Kier molecular flexibility index (Phi) is 10.5. The third kappa shape index (κ3) is 9.02. The molecule has 230 valence electrons. The maximum absolute atomic E-state index is 14.3. The van der Waals surface area contributed by atoms with Gasteiger partial charge in [0, 0.05) is 30.6 Å². The number of nitro benzene ring substituents is 1. The van der Waals surface area contributed by atoms with E-state index in [0.29, 0.717) is 0 Å². The number of nitrogens with one attached hydrogen (secondary N) is 1. The van der Waals surface area contributed by atoms with Gasteiger partial charge in [-0.15, -0.1) is 0 Å². The topological polar surface area (TPSA) is 139 Å². The summed E-state index contributed by atoms with van der Waals surface area (Å²) in [5.74, 6) is -1.05. The van der Waals surface area contributed by atoms with Crippen LogP contribution in [0.15, 0.2) is 72.8 Å². The van der Waals surface area contributed by atoms with Crippen LogP contribution >= 0.6 is 0 Å². The van der Waals surface area contributed by atoms with Crippen molar-refractivity contribution in [3.8, 4) is 5.75 Å². The normalized spacial score (nSPS) is 12.2. The number of anilines is 1. The van der Waals surface area contributed by atoms with Crippen LogP contribution in [0.4, 0.5) is 11.4 Å². The Morgan fingerprint density at radius 1 is 1.02 bits per heavy atom. The second-order valence-corrected chi connectivity index (χ2v) is 13.2. The first-order chi connectivity index (χ1) is 20.1. The number of amides is 2. The molecule has 0 heterocycles. The van der Waals surface area contributed by atoms with Crippen molar-refractivity contribution in [2.45, 2.75) is 52.2 Å². The molecule has 12 heteroatoms. The van der Waals surface area contributed by atoms with Crippen LogP contribution in [-0.4, -0.2) is 61.5 Å². The molecule has 1 N–H and O–H groups in total. The first-order valence-electron chi connectivity index (χ1n) is 13.6. The number of non-ortho nitro benzene ring substituents is 1. The molecule has 3 rings (SSSR count). The van der Waals surface area contributed by atoms with Crippen molar-refractivity contribution in [3.63, 3.8) is 0 Å². The number of nitrogens with zero attached hydrogens (tertiary/aromatic N) is 3. The highest BCUT2D eigenvalue weighted by Crippen LogP contribution is 2.34. The molecule has 0 spiro atoms. The Hall–Kier alpha value is -4.45. The zero-order chi connectivity index (χ0) is 31.9. The number of carbonyl (C=O) groups is 2. The van der Waals surface area contributed by atoms with E-state index in [-0.39, 0.29) is 30.1 Å². The first kappa shape index (κ1) is 33.1. The molecular weight excluding hydrogens is 572 g/mol. The predicted octanol–water partition coefficient (Wildman–Crippen LogP) is 4.23. The van der Waals surface area contributed by atoms with Gasteiger partial charge in [-0.1, -0.05) is 54.6 Å². The number of benzene rings is 3. The predicted molar refractivity (Wildman–Crippen MR) is 165 cm³/mol. The largest absolute Gasteiger partial charge is 0.495 e. The van der Waals surface area contributed by atoms with Crippen molar-refractivity contribution in [3.05, 3.63) is 99.6 Å². The van der Waals surface area contributed by atoms with Crippen LogP contribution in [0.5, 0.6) is 5.75 Å². The summed E-state index contributed by atoms with van der Waals surface area (Å²) in [5, 5.41) is 14.5. The molecule has 0 unspecified atom stereocenters. The van der Waals surface area contributed by atoms with Crippen molar-refractivity contribution in [1.29, 1.82) is 0 Å². The summed E-state index contributed by atoms with van der Waals surface area (Å²) in [6, 6.07) is 19.1. The van der Waals surface area contributed by atoms with E-state index in [1.807, 2.05) is 82.3 Å². The Bertz CT molecular complexity index is 1570. The lowest BCUT2D eigenvalue weighted by Gasteiger charge is -2.35. The lowest BCUT2D eigenvalue weighted by molar-refractivity contribution is -0.384. The maximum atomic E-state index is 14.3. The smallest absolute Gasteiger partial charge is 0.271 e. The second kappa shape index (κ2) is 13.7. The lowest BCUT2D eigenvalue weighted by Crippen LogP contribution is -2.56. The maximum Gasteiger partial charge on any atom is 0.271 e. The van der Waals surface area contributed by atoms with Crippen LogP contribution in [0.2, 0.25) is 0 Å². The molecule has 0 fully saturated rings. The minimum absolute atomic E-state index is 0.0181. The van der Waals surface area contributed by atoms with Gasteiger partial charge in [0.1, 0.15) is 24.0 Å². The van der Waals surface area contributed by atoms with E-state index in [1.165, 1.54) is 24.1 Å². The fraction of sp³-hybridized carbons (Fsp3) is 0.355. The Morgan fingerprint density at radius 2 is 1.65 bits per heavy atom. The van der Waals surface area contributed by atoms with Crippen molar-refractivity contribution in [2.24, 2.45) is 0 Å². The van der Waals surface area contributed by atoms with Crippen LogP contribution in [0.3, 0.4) is 0 Å². The molecular formula is C31H38N4O7S. The summed E-state index contributed by atoms with van der Waals surface area (Å²) in [5.41, 5.74) is 1.31. The number of hydrogen-bond donors (Lipinski definition) is 1. The summed E-state index contributed by atoms with van der Waals surface area (Å²) >= 11 is 0. The number of aryl methyl sites for hydroxylation is 1. The zero-order valence-corrected chi connectivity index (χ0v) is 26.1. The van der Waals surface area contributed by atoms with Crippen LogP contribution < -0.4 is 14.4 Å². The van der Waals surface area contributed by atoms with Gasteiger partial charge in [-0.05, 0) is 50.5 Å². The average molecular weight is 611 g/mol. The molecule has 0 aliphatic rings. The minimum Gasteiger partial charge on any atom is -0.495 e. The number of nitro groups is 1. The van der Waals surface area contributed by atoms with E-state index < -0.39 is 44.9 Å². The molecule has 43 heavy (non-hydrogen) atoms. The summed E-state index contributed by atoms with van der Waals surface area (Å²) in [4.78, 5) is 40.3. The van der Waals surface area contributed by atoms with E-state index in [9.17, 15) is 28.1 Å². The standard InChI is InChI=1S/C31H38N4O7S/c1-22-12-10-11-15-24(22)20-33(27(30(37)32-31(2,3)4)18-23-13-8-7-9-14-23)29(36)21-34(43(6,40)41)26-19-25(35(38)39)16-17-28(26)42-5/h7-17,19,27H,18,20-21H2,1-6H3,(H,32,37)/t27-/m0/s1. The Labute approximate surface area is 252 Å². The number of sulfonamides is 1. The van der Waals surface area contributed by atoms with E-state index in [4.69, 9.17) is 4.74 Å². The van der Waals surface area contributed by atoms with Gasteiger partial charge in [0.25, 0.3) is 5.69 Å². The van der Waals surface area contributed by atoms with Crippen molar-refractivity contribution < 1.29 is 27.7 Å². The first-order valence-corrected chi connectivity index (χ1v) is 15.5. The van der Waals surface area contributed by atoms with E-state index >= 15 is 0 Å². The second-order valence-electron chi connectivity index (χ2n) is 11.3. The van der Waals surface area contributed by atoms with E-state index in [1.54, 1.807) is 0 Å². The highest BCUT2D eigenvalue weighted by atomic mass is 32.2. The third-order valence-electron chi connectivity index (χ3n) is 6.69. The number of hydrogen-bond acceptors (Lipinski definition) is 7. The van der Waals surface area contributed by atoms with Gasteiger partial charge in [0.2, 0.25) is 21.8 Å².